The third kappa shape index (κ3) is 3.06. The molecule has 25 heavy (non-hydrogen) atoms. The monoisotopic (exact) mass is 343 g/mol. The molecule has 7 heteroatoms. The Bertz CT molecular complexity index is 809. The van der Waals surface area contributed by atoms with Crippen LogP contribution in [-0.2, 0) is 16.8 Å². The molecule has 0 saturated carbocycles. The second-order valence-electron chi connectivity index (χ2n) is 7.57. The van der Waals surface area contributed by atoms with E-state index >= 15 is 0 Å². The van der Waals surface area contributed by atoms with Crippen molar-refractivity contribution in [1.82, 2.24) is 15.0 Å². The topological polar surface area (TPSA) is 77.7 Å². The molecule has 1 atom stereocenters. The van der Waals surface area contributed by atoms with Crippen LogP contribution in [0.25, 0.3) is 0 Å². The van der Waals surface area contributed by atoms with Crippen LogP contribution >= 0.6 is 0 Å². The van der Waals surface area contributed by atoms with Gasteiger partial charge in [-0.2, -0.15) is 4.98 Å². The van der Waals surface area contributed by atoms with Gasteiger partial charge in [0.05, 0.1) is 5.92 Å². The number of amides is 1. The first-order valence-corrected chi connectivity index (χ1v) is 8.40. The molecule has 3 heterocycles. The van der Waals surface area contributed by atoms with Crippen molar-refractivity contribution in [3.63, 3.8) is 0 Å². The minimum atomic E-state index is -0.170. The Morgan fingerprint density at radius 3 is 2.80 bits per heavy atom. The average Bonchev–Trinajstić information content (AvgIpc) is 3.26. The summed E-state index contributed by atoms with van der Waals surface area (Å²) in [6.07, 6.45) is 0.399. The standard InChI is InChI=1S/C18H21N3O4/c1-18(2,3)17-19-16(25-20-17)12-7-15(22)21(9-12)8-11-4-5-13-14(6-11)24-10-23-13/h4-6,12H,7-10H2,1-3H3. The minimum Gasteiger partial charge on any atom is -0.454 e. The summed E-state index contributed by atoms with van der Waals surface area (Å²) in [5.74, 6) is 2.74. The summed E-state index contributed by atoms with van der Waals surface area (Å²) in [4.78, 5) is 18.7. The van der Waals surface area contributed by atoms with Crippen molar-refractivity contribution in [1.29, 1.82) is 0 Å². The molecule has 0 spiro atoms. The lowest BCUT2D eigenvalue weighted by Crippen LogP contribution is -2.24. The summed E-state index contributed by atoms with van der Waals surface area (Å²) in [5.41, 5.74) is 0.843. The summed E-state index contributed by atoms with van der Waals surface area (Å²) >= 11 is 0. The Labute approximate surface area is 145 Å². The molecule has 132 valence electrons. The zero-order valence-corrected chi connectivity index (χ0v) is 14.6. The average molecular weight is 343 g/mol. The number of rotatable bonds is 3. The van der Waals surface area contributed by atoms with Gasteiger partial charge < -0.3 is 18.9 Å². The van der Waals surface area contributed by atoms with Crippen LogP contribution in [0.15, 0.2) is 22.7 Å². The Morgan fingerprint density at radius 2 is 2.04 bits per heavy atom. The highest BCUT2D eigenvalue weighted by Gasteiger charge is 2.35. The van der Waals surface area contributed by atoms with Crippen LogP contribution in [-0.4, -0.2) is 34.3 Å². The first-order valence-electron chi connectivity index (χ1n) is 8.40. The third-order valence-corrected chi connectivity index (χ3v) is 4.49. The highest BCUT2D eigenvalue weighted by Crippen LogP contribution is 2.34. The second kappa shape index (κ2) is 5.75. The fourth-order valence-electron chi connectivity index (χ4n) is 3.06. The van der Waals surface area contributed by atoms with Crippen LogP contribution < -0.4 is 9.47 Å². The summed E-state index contributed by atoms with van der Waals surface area (Å²) in [7, 11) is 0. The molecule has 1 aromatic carbocycles. The summed E-state index contributed by atoms with van der Waals surface area (Å²) in [6, 6.07) is 5.76. The van der Waals surface area contributed by atoms with Crippen molar-refractivity contribution in [2.75, 3.05) is 13.3 Å². The molecule has 0 bridgehead atoms. The van der Waals surface area contributed by atoms with Crippen molar-refractivity contribution >= 4 is 5.91 Å². The SMILES string of the molecule is CC(C)(C)c1noc(C2CC(=O)N(Cc3ccc4c(c3)OCO4)C2)n1. The Balaban J connectivity index is 1.46. The second-order valence-corrected chi connectivity index (χ2v) is 7.57. The van der Waals surface area contributed by atoms with E-state index in [9.17, 15) is 4.79 Å². The maximum absolute atomic E-state index is 12.4. The predicted molar refractivity (Wildman–Crippen MR) is 88.3 cm³/mol. The maximum Gasteiger partial charge on any atom is 0.232 e. The van der Waals surface area contributed by atoms with E-state index in [1.165, 1.54) is 0 Å². The van der Waals surface area contributed by atoms with E-state index in [4.69, 9.17) is 14.0 Å². The van der Waals surface area contributed by atoms with Gasteiger partial charge in [0.25, 0.3) is 0 Å². The number of carbonyl (C=O) groups is 1. The third-order valence-electron chi connectivity index (χ3n) is 4.49. The van der Waals surface area contributed by atoms with Gasteiger partial charge in [-0.25, -0.2) is 0 Å². The lowest BCUT2D eigenvalue weighted by Gasteiger charge is -2.16. The van der Waals surface area contributed by atoms with Crippen molar-refractivity contribution in [2.24, 2.45) is 0 Å². The van der Waals surface area contributed by atoms with Crippen LogP contribution in [0, 0.1) is 0 Å². The van der Waals surface area contributed by atoms with E-state index in [0.29, 0.717) is 31.2 Å². The molecule has 1 saturated heterocycles. The Kier molecular flexibility index (Phi) is 3.67. The fourth-order valence-corrected chi connectivity index (χ4v) is 3.06. The maximum atomic E-state index is 12.4. The van der Waals surface area contributed by atoms with Crippen LogP contribution in [0.1, 0.15) is 50.4 Å². The van der Waals surface area contributed by atoms with Gasteiger partial charge in [0, 0.05) is 24.9 Å². The zero-order chi connectivity index (χ0) is 17.6. The van der Waals surface area contributed by atoms with Gasteiger partial charge in [-0.3, -0.25) is 4.79 Å². The number of hydrogen-bond donors (Lipinski definition) is 0. The van der Waals surface area contributed by atoms with Crippen LogP contribution in [0.2, 0.25) is 0 Å². The molecule has 2 aliphatic rings. The minimum absolute atomic E-state index is 0.0508. The molecule has 1 aromatic heterocycles. The molecular formula is C18H21N3O4. The smallest absolute Gasteiger partial charge is 0.232 e. The van der Waals surface area contributed by atoms with Gasteiger partial charge in [-0.15, -0.1) is 0 Å². The lowest BCUT2D eigenvalue weighted by molar-refractivity contribution is -0.128. The van der Waals surface area contributed by atoms with E-state index in [2.05, 4.69) is 10.1 Å². The van der Waals surface area contributed by atoms with E-state index < -0.39 is 0 Å². The Hall–Kier alpha value is -2.57. The molecule has 7 nitrogen and oxygen atoms in total. The van der Waals surface area contributed by atoms with Gasteiger partial charge in [0.2, 0.25) is 18.6 Å². The molecule has 0 N–H and O–H groups in total. The van der Waals surface area contributed by atoms with Gasteiger partial charge in [-0.1, -0.05) is 32.0 Å². The molecule has 2 aromatic rings. The van der Waals surface area contributed by atoms with Gasteiger partial charge in [0.1, 0.15) is 0 Å². The highest BCUT2D eigenvalue weighted by atomic mass is 16.7. The molecule has 2 aliphatic heterocycles. The summed E-state index contributed by atoms with van der Waals surface area (Å²) in [6.45, 7) is 7.47. The number of hydrogen-bond acceptors (Lipinski definition) is 6. The van der Waals surface area contributed by atoms with Crippen molar-refractivity contribution in [2.45, 2.75) is 45.1 Å². The first kappa shape index (κ1) is 15.9. The summed E-state index contributed by atoms with van der Waals surface area (Å²) in [5, 5.41) is 4.06. The quantitative estimate of drug-likeness (QED) is 0.852. The number of likely N-dealkylation sites (tertiary alicyclic amines) is 1. The number of fused-ring (bicyclic) bond motifs is 1. The van der Waals surface area contributed by atoms with Gasteiger partial charge >= 0.3 is 0 Å². The van der Waals surface area contributed by atoms with Crippen molar-refractivity contribution in [3.05, 3.63) is 35.5 Å². The highest BCUT2D eigenvalue weighted by molar-refractivity contribution is 5.79. The van der Waals surface area contributed by atoms with Gasteiger partial charge in [-0.05, 0) is 17.7 Å². The summed E-state index contributed by atoms with van der Waals surface area (Å²) < 4.78 is 16.1. The Morgan fingerprint density at radius 1 is 1.24 bits per heavy atom. The predicted octanol–water partition coefficient (Wildman–Crippen LogP) is 2.61. The molecule has 0 aliphatic carbocycles. The van der Waals surface area contributed by atoms with Crippen molar-refractivity contribution in [3.8, 4) is 11.5 Å². The molecule has 1 unspecified atom stereocenters. The van der Waals surface area contributed by atoms with Crippen molar-refractivity contribution < 1.29 is 18.8 Å². The number of benzene rings is 1. The molecule has 1 amide bonds. The number of ether oxygens (including phenoxy) is 2. The van der Waals surface area contributed by atoms with E-state index in [0.717, 1.165) is 17.1 Å². The van der Waals surface area contributed by atoms with E-state index in [-0.39, 0.29) is 24.0 Å². The molecule has 4 rings (SSSR count). The molecule has 0 radical (unpaired) electrons. The number of carbonyl (C=O) groups excluding carboxylic acids is 1. The van der Waals surface area contributed by atoms with Gasteiger partial charge in [0.15, 0.2) is 17.3 Å². The lowest BCUT2D eigenvalue weighted by atomic mass is 9.96. The zero-order valence-electron chi connectivity index (χ0n) is 14.6. The van der Waals surface area contributed by atoms with Crippen LogP contribution in [0.3, 0.4) is 0 Å². The number of nitrogens with zero attached hydrogens (tertiary/aromatic N) is 3. The first-order chi connectivity index (χ1) is 11.9. The molecular weight excluding hydrogens is 322 g/mol. The molecule has 1 fully saturated rings. The largest absolute Gasteiger partial charge is 0.454 e. The van der Waals surface area contributed by atoms with Crippen LogP contribution in [0.5, 0.6) is 11.5 Å². The normalized spacial score (nSPS) is 19.7. The van der Waals surface area contributed by atoms with Crippen LogP contribution in [0.4, 0.5) is 0 Å². The fraction of sp³-hybridized carbons (Fsp3) is 0.500. The van der Waals surface area contributed by atoms with E-state index in [1.807, 2.05) is 43.9 Å². The number of aromatic nitrogens is 2. The van der Waals surface area contributed by atoms with E-state index in [1.54, 1.807) is 0 Å².